The van der Waals surface area contributed by atoms with Crippen LogP contribution in [0.1, 0.15) is 59.3 Å². The molecule has 3 nitrogen and oxygen atoms in total. The second-order valence-electron chi connectivity index (χ2n) is 5.97. The van der Waals surface area contributed by atoms with Crippen LogP contribution in [0.4, 0.5) is 0 Å². The number of hydrogen-bond donors (Lipinski definition) is 1. The van der Waals surface area contributed by atoms with Crippen molar-refractivity contribution in [1.82, 2.24) is 4.90 Å². The van der Waals surface area contributed by atoms with Crippen molar-refractivity contribution in [3.63, 3.8) is 0 Å². The first-order valence-corrected chi connectivity index (χ1v) is 8.08. The van der Waals surface area contributed by atoms with Gasteiger partial charge >= 0.3 is 0 Å². The van der Waals surface area contributed by atoms with Crippen LogP contribution in [0.2, 0.25) is 0 Å². The molecule has 0 aromatic rings. The Bertz CT molecular complexity index is 186. The topological polar surface area (TPSA) is 38.5 Å². The molecule has 0 radical (unpaired) electrons. The van der Waals surface area contributed by atoms with E-state index in [-0.39, 0.29) is 0 Å². The zero-order valence-corrected chi connectivity index (χ0v) is 13.7. The number of hydrogen-bond acceptors (Lipinski definition) is 3. The van der Waals surface area contributed by atoms with E-state index < -0.39 is 0 Å². The van der Waals surface area contributed by atoms with E-state index in [2.05, 4.69) is 25.7 Å². The van der Waals surface area contributed by atoms with Gasteiger partial charge in [-0.2, -0.15) is 0 Å². The molecule has 0 fully saturated rings. The summed E-state index contributed by atoms with van der Waals surface area (Å²) in [5.74, 6) is 0.686. The van der Waals surface area contributed by atoms with Crippen LogP contribution >= 0.6 is 0 Å². The van der Waals surface area contributed by atoms with Gasteiger partial charge in [0.1, 0.15) is 0 Å². The van der Waals surface area contributed by atoms with Crippen molar-refractivity contribution in [2.75, 3.05) is 33.4 Å². The van der Waals surface area contributed by atoms with Crippen LogP contribution < -0.4 is 5.73 Å². The smallest absolute Gasteiger partial charge is 0.0589 e. The average Bonchev–Trinajstić information content (AvgIpc) is 2.39. The number of unbranched alkanes of at least 4 members (excludes halogenated alkanes) is 4. The molecule has 3 heteroatoms. The fourth-order valence-electron chi connectivity index (χ4n) is 2.53. The van der Waals surface area contributed by atoms with Crippen molar-refractivity contribution in [2.45, 2.75) is 65.3 Å². The van der Waals surface area contributed by atoms with Gasteiger partial charge in [-0.05, 0) is 12.3 Å². The molecular weight excluding hydrogens is 236 g/mol. The zero-order valence-electron chi connectivity index (χ0n) is 13.7. The first kappa shape index (κ1) is 18.9. The van der Waals surface area contributed by atoms with Crippen LogP contribution in [0.25, 0.3) is 0 Å². The van der Waals surface area contributed by atoms with E-state index in [4.69, 9.17) is 10.5 Å². The minimum absolute atomic E-state index is 0.527. The summed E-state index contributed by atoms with van der Waals surface area (Å²) in [6, 6.07) is 0.527. The Labute approximate surface area is 120 Å². The molecule has 0 saturated heterocycles. The van der Waals surface area contributed by atoms with Gasteiger partial charge in [0.05, 0.1) is 6.61 Å². The van der Waals surface area contributed by atoms with E-state index in [1.165, 1.54) is 38.5 Å². The third kappa shape index (κ3) is 10.3. The molecule has 116 valence electrons. The largest absolute Gasteiger partial charge is 0.383 e. The lowest BCUT2D eigenvalue weighted by Gasteiger charge is -2.32. The molecule has 0 aromatic carbocycles. The summed E-state index contributed by atoms with van der Waals surface area (Å²) in [4.78, 5) is 2.52. The number of methoxy groups -OCH3 is 1. The van der Waals surface area contributed by atoms with Crippen LogP contribution in [0.15, 0.2) is 0 Å². The van der Waals surface area contributed by atoms with E-state index in [1.54, 1.807) is 7.11 Å². The van der Waals surface area contributed by atoms with Gasteiger partial charge in [-0.15, -0.1) is 0 Å². The Kier molecular flexibility index (Phi) is 12.8. The zero-order chi connectivity index (χ0) is 14.5. The van der Waals surface area contributed by atoms with Gasteiger partial charge < -0.3 is 10.5 Å². The molecule has 1 unspecified atom stereocenters. The predicted molar refractivity (Wildman–Crippen MR) is 84.5 cm³/mol. The summed E-state index contributed by atoms with van der Waals surface area (Å²) in [6.45, 7) is 10.5. The van der Waals surface area contributed by atoms with Crippen molar-refractivity contribution in [3.05, 3.63) is 0 Å². The highest BCUT2D eigenvalue weighted by Gasteiger charge is 2.17. The summed E-state index contributed by atoms with van der Waals surface area (Å²) in [5, 5.41) is 0. The first-order valence-electron chi connectivity index (χ1n) is 8.08. The molecule has 0 aliphatic rings. The SMILES string of the molecule is CCCCCCCC(CN)N(CCOC)CC(C)C. The lowest BCUT2D eigenvalue weighted by molar-refractivity contribution is 0.107. The van der Waals surface area contributed by atoms with Crippen LogP contribution in [-0.4, -0.2) is 44.3 Å². The molecular formula is C16H36N2O. The van der Waals surface area contributed by atoms with Gasteiger partial charge in [-0.1, -0.05) is 52.9 Å². The quantitative estimate of drug-likeness (QED) is 0.523. The molecule has 0 heterocycles. The molecule has 0 spiro atoms. The highest BCUT2D eigenvalue weighted by molar-refractivity contribution is 4.74. The lowest BCUT2D eigenvalue weighted by atomic mass is 10.0. The van der Waals surface area contributed by atoms with Crippen LogP contribution in [0, 0.1) is 5.92 Å². The van der Waals surface area contributed by atoms with Crippen molar-refractivity contribution < 1.29 is 4.74 Å². The minimum atomic E-state index is 0.527. The molecule has 0 saturated carbocycles. The standard InChI is InChI=1S/C16H36N2O/c1-5-6-7-8-9-10-16(13-17)18(11-12-19-4)14-15(2)3/h15-16H,5-14,17H2,1-4H3. The summed E-state index contributed by atoms with van der Waals surface area (Å²) in [6.07, 6.45) is 7.95. The van der Waals surface area contributed by atoms with Crippen molar-refractivity contribution in [3.8, 4) is 0 Å². The van der Waals surface area contributed by atoms with Crippen LogP contribution in [-0.2, 0) is 4.74 Å². The molecule has 0 rings (SSSR count). The average molecular weight is 272 g/mol. The Morgan fingerprint density at radius 1 is 1.11 bits per heavy atom. The summed E-state index contributed by atoms with van der Waals surface area (Å²) >= 11 is 0. The van der Waals surface area contributed by atoms with Gasteiger partial charge in [0.15, 0.2) is 0 Å². The van der Waals surface area contributed by atoms with Crippen molar-refractivity contribution in [2.24, 2.45) is 11.7 Å². The molecule has 19 heavy (non-hydrogen) atoms. The second kappa shape index (κ2) is 12.9. The molecule has 0 amide bonds. The summed E-state index contributed by atoms with van der Waals surface area (Å²) in [5.41, 5.74) is 5.98. The highest BCUT2D eigenvalue weighted by atomic mass is 16.5. The first-order chi connectivity index (χ1) is 9.15. The number of nitrogens with two attached hydrogens (primary N) is 1. The van der Waals surface area contributed by atoms with Gasteiger partial charge in [0, 0.05) is 32.8 Å². The molecule has 0 aromatic heterocycles. The molecule has 0 bridgehead atoms. The number of ether oxygens (including phenoxy) is 1. The fourth-order valence-corrected chi connectivity index (χ4v) is 2.53. The predicted octanol–water partition coefficient (Wildman–Crippen LogP) is 3.28. The molecule has 0 aliphatic carbocycles. The lowest BCUT2D eigenvalue weighted by Crippen LogP contribution is -2.44. The van der Waals surface area contributed by atoms with E-state index in [0.29, 0.717) is 12.0 Å². The number of nitrogens with zero attached hydrogens (tertiary/aromatic N) is 1. The van der Waals surface area contributed by atoms with E-state index >= 15 is 0 Å². The van der Waals surface area contributed by atoms with Gasteiger partial charge in [0.25, 0.3) is 0 Å². The van der Waals surface area contributed by atoms with Gasteiger partial charge in [-0.25, -0.2) is 0 Å². The molecule has 1 atom stereocenters. The van der Waals surface area contributed by atoms with Crippen LogP contribution in [0.3, 0.4) is 0 Å². The third-order valence-corrected chi connectivity index (χ3v) is 3.61. The van der Waals surface area contributed by atoms with Crippen molar-refractivity contribution in [1.29, 1.82) is 0 Å². The number of rotatable bonds is 13. The second-order valence-corrected chi connectivity index (χ2v) is 5.97. The molecule has 0 aliphatic heterocycles. The maximum atomic E-state index is 5.98. The minimum Gasteiger partial charge on any atom is -0.383 e. The fraction of sp³-hybridized carbons (Fsp3) is 1.00. The Morgan fingerprint density at radius 2 is 1.79 bits per heavy atom. The van der Waals surface area contributed by atoms with Crippen LogP contribution in [0.5, 0.6) is 0 Å². The summed E-state index contributed by atoms with van der Waals surface area (Å²) in [7, 11) is 1.77. The monoisotopic (exact) mass is 272 g/mol. The van der Waals surface area contributed by atoms with E-state index in [1.807, 2.05) is 0 Å². The maximum absolute atomic E-state index is 5.98. The third-order valence-electron chi connectivity index (χ3n) is 3.61. The van der Waals surface area contributed by atoms with Crippen molar-refractivity contribution >= 4 is 0 Å². The van der Waals surface area contributed by atoms with Gasteiger partial charge in [-0.3, -0.25) is 4.90 Å². The van der Waals surface area contributed by atoms with E-state index in [9.17, 15) is 0 Å². The normalized spacial score (nSPS) is 13.4. The summed E-state index contributed by atoms with van der Waals surface area (Å²) < 4.78 is 5.22. The molecule has 2 N–H and O–H groups in total. The Hall–Kier alpha value is -0.120. The van der Waals surface area contributed by atoms with Gasteiger partial charge in [0.2, 0.25) is 0 Å². The highest BCUT2D eigenvalue weighted by Crippen LogP contribution is 2.13. The maximum Gasteiger partial charge on any atom is 0.0589 e. The Morgan fingerprint density at radius 3 is 2.32 bits per heavy atom. The van der Waals surface area contributed by atoms with E-state index in [0.717, 1.165) is 26.2 Å². The Balaban J connectivity index is 4.07.